The summed E-state index contributed by atoms with van der Waals surface area (Å²) in [5.41, 5.74) is 0. The zero-order valence-electron chi connectivity index (χ0n) is 3.68. The zero-order valence-corrected chi connectivity index (χ0v) is 5.84. The van der Waals surface area contributed by atoms with Gasteiger partial charge in [-0.05, 0) is 6.92 Å². The van der Waals surface area contributed by atoms with E-state index >= 15 is 0 Å². The molecular formula is C3H3IN2O. The number of hydrogen-bond acceptors (Lipinski definition) is 3. The van der Waals surface area contributed by atoms with Gasteiger partial charge in [0.1, 0.15) is 0 Å². The van der Waals surface area contributed by atoms with Gasteiger partial charge in [0, 0.05) is 22.6 Å². The van der Waals surface area contributed by atoms with Crippen molar-refractivity contribution < 1.29 is 4.52 Å². The number of rotatable bonds is 0. The molecule has 1 rings (SSSR count). The molecule has 1 heterocycles. The topological polar surface area (TPSA) is 38.9 Å². The van der Waals surface area contributed by atoms with E-state index in [2.05, 4.69) is 14.7 Å². The van der Waals surface area contributed by atoms with Gasteiger partial charge in [0.15, 0.2) is 5.82 Å². The smallest absolute Gasteiger partial charge is 0.287 e. The molecule has 38 valence electrons. The van der Waals surface area contributed by atoms with Crippen LogP contribution in [-0.4, -0.2) is 10.1 Å². The fraction of sp³-hybridized carbons (Fsp3) is 0.333. The first-order valence-electron chi connectivity index (χ1n) is 1.75. The van der Waals surface area contributed by atoms with Crippen LogP contribution in [0.5, 0.6) is 0 Å². The van der Waals surface area contributed by atoms with Crippen molar-refractivity contribution in [1.82, 2.24) is 10.1 Å². The van der Waals surface area contributed by atoms with Gasteiger partial charge in [-0.25, -0.2) is 0 Å². The Bertz CT molecular complexity index is 145. The molecule has 0 aliphatic heterocycles. The number of nitrogens with zero attached hydrogens (tertiary/aromatic N) is 2. The standard InChI is InChI=1S/C3H3IN2O/c1-2-5-3(4)7-6-2/h1H3. The van der Waals surface area contributed by atoms with E-state index in [4.69, 9.17) is 0 Å². The zero-order chi connectivity index (χ0) is 5.28. The quantitative estimate of drug-likeness (QED) is 0.599. The van der Waals surface area contributed by atoms with Crippen molar-refractivity contribution in [2.45, 2.75) is 6.92 Å². The third-order valence-electron chi connectivity index (χ3n) is 0.503. The summed E-state index contributed by atoms with van der Waals surface area (Å²) in [5.74, 6) is 0.685. The van der Waals surface area contributed by atoms with Gasteiger partial charge < -0.3 is 4.52 Å². The summed E-state index contributed by atoms with van der Waals surface area (Å²) >= 11 is 1.96. The summed E-state index contributed by atoms with van der Waals surface area (Å²) in [7, 11) is 0. The number of halogens is 1. The Labute approximate surface area is 54.2 Å². The van der Waals surface area contributed by atoms with Crippen LogP contribution < -0.4 is 0 Å². The number of aromatic nitrogens is 2. The molecule has 0 atom stereocenters. The van der Waals surface area contributed by atoms with Crippen LogP contribution in [0.15, 0.2) is 4.52 Å². The lowest BCUT2D eigenvalue weighted by Gasteiger charge is -1.62. The third-order valence-corrected chi connectivity index (χ3v) is 0.941. The van der Waals surface area contributed by atoms with Gasteiger partial charge in [-0.1, -0.05) is 5.16 Å². The SMILES string of the molecule is Cc1noc(I)n1. The predicted octanol–water partition coefficient (Wildman–Crippen LogP) is 0.983. The van der Waals surface area contributed by atoms with Gasteiger partial charge in [0.2, 0.25) is 0 Å². The lowest BCUT2D eigenvalue weighted by atomic mass is 10.8. The average Bonchev–Trinajstić information content (AvgIpc) is 1.87. The molecule has 0 saturated carbocycles. The van der Waals surface area contributed by atoms with Gasteiger partial charge in [0.05, 0.1) is 0 Å². The first kappa shape index (κ1) is 5.02. The summed E-state index contributed by atoms with van der Waals surface area (Å²) in [5, 5.41) is 3.52. The summed E-state index contributed by atoms with van der Waals surface area (Å²) in [6.45, 7) is 1.78. The van der Waals surface area contributed by atoms with Crippen molar-refractivity contribution in [2.75, 3.05) is 0 Å². The number of aryl methyl sites for hydroxylation is 1. The Kier molecular flexibility index (Phi) is 1.27. The van der Waals surface area contributed by atoms with Crippen molar-refractivity contribution in [3.63, 3.8) is 0 Å². The molecule has 0 aromatic carbocycles. The Morgan fingerprint density at radius 2 is 2.43 bits per heavy atom. The van der Waals surface area contributed by atoms with Crippen molar-refractivity contribution in [1.29, 1.82) is 0 Å². The molecule has 0 aliphatic rings. The fourth-order valence-corrected chi connectivity index (χ4v) is 0.719. The van der Waals surface area contributed by atoms with E-state index in [1.165, 1.54) is 0 Å². The lowest BCUT2D eigenvalue weighted by Crippen LogP contribution is -1.69. The second-order valence-corrected chi connectivity index (χ2v) is 2.02. The molecule has 7 heavy (non-hydrogen) atoms. The minimum Gasteiger partial charge on any atom is -0.328 e. The molecule has 0 aliphatic carbocycles. The largest absolute Gasteiger partial charge is 0.328 e. The maximum atomic E-state index is 4.59. The molecule has 3 nitrogen and oxygen atoms in total. The highest BCUT2D eigenvalue weighted by atomic mass is 127. The maximum Gasteiger partial charge on any atom is 0.287 e. The minimum absolute atomic E-state index is 0.593. The molecule has 0 amide bonds. The molecule has 0 bridgehead atoms. The van der Waals surface area contributed by atoms with E-state index in [9.17, 15) is 0 Å². The van der Waals surface area contributed by atoms with Crippen LogP contribution in [0.1, 0.15) is 5.82 Å². The van der Waals surface area contributed by atoms with Gasteiger partial charge >= 0.3 is 0 Å². The van der Waals surface area contributed by atoms with Crippen LogP contribution in [0.3, 0.4) is 0 Å². The molecule has 0 unspecified atom stereocenters. The van der Waals surface area contributed by atoms with Crippen LogP contribution in [0.4, 0.5) is 0 Å². The van der Waals surface area contributed by atoms with E-state index in [1.54, 1.807) is 6.92 Å². The predicted molar refractivity (Wildman–Crippen MR) is 31.8 cm³/mol. The van der Waals surface area contributed by atoms with Crippen molar-refractivity contribution in [3.8, 4) is 0 Å². The molecular weight excluding hydrogens is 207 g/mol. The maximum absolute atomic E-state index is 4.59. The molecule has 0 fully saturated rings. The minimum atomic E-state index is 0.593. The lowest BCUT2D eigenvalue weighted by molar-refractivity contribution is 0.389. The third kappa shape index (κ3) is 1.12. The van der Waals surface area contributed by atoms with Crippen LogP contribution in [-0.2, 0) is 0 Å². The Morgan fingerprint density at radius 1 is 1.71 bits per heavy atom. The van der Waals surface area contributed by atoms with Crippen LogP contribution in [0.2, 0.25) is 0 Å². The monoisotopic (exact) mass is 210 g/mol. The first-order chi connectivity index (χ1) is 3.29. The van der Waals surface area contributed by atoms with Crippen LogP contribution in [0, 0.1) is 10.8 Å². The van der Waals surface area contributed by atoms with E-state index in [0.29, 0.717) is 9.72 Å². The van der Waals surface area contributed by atoms with Crippen LogP contribution >= 0.6 is 22.6 Å². The van der Waals surface area contributed by atoms with Gasteiger partial charge in [-0.15, -0.1) is 0 Å². The first-order valence-corrected chi connectivity index (χ1v) is 2.83. The molecule has 0 radical (unpaired) electrons. The summed E-state index contributed by atoms with van der Waals surface area (Å²) in [6.07, 6.45) is 0. The highest BCUT2D eigenvalue weighted by molar-refractivity contribution is 14.1. The second-order valence-electron chi connectivity index (χ2n) is 1.09. The Morgan fingerprint density at radius 3 is 2.57 bits per heavy atom. The molecule has 4 heteroatoms. The normalized spacial score (nSPS) is 9.43. The van der Waals surface area contributed by atoms with E-state index in [-0.39, 0.29) is 0 Å². The average molecular weight is 210 g/mol. The van der Waals surface area contributed by atoms with Gasteiger partial charge in [0.25, 0.3) is 3.90 Å². The highest BCUT2D eigenvalue weighted by Gasteiger charge is 1.91. The Balaban J connectivity index is 3.04. The highest BCUT2D eigenvalue weighted by Crippen LogP contribution is 1.97. The molecule has 1 aromatic heterocycles. The van der Waals surface area contributed by atoms with Gasteiger partial charge in [-0.3, -0.25) is 0 Å². The van der Waals surface area contributed by atoms with E-state index in [0.717, 1.165) is 0 Å². The van der Waals surface area contributed by atoms with E-state index in [1.807, 2.05) is 22.6 Å². The number of hydrogen-bond donors (Lipinski definition) is 0. The molecule has 0 spiro atoms. The summed E-state index contributed by atoms with van der Waals surface area (Å²) < 4.78 is 5.18. The fourth-order valence-electron chi connectivity index (χ4n) is 0.272. The van der Waals surface area contributed by atoms with Gasteiger partial charge in [-0.2, -0.15) is 4.98 Å². The van der Waals surface area contributed by atoms with Crippen molar-refractivity contribution in [2.24, 2.45) is 0 Å². The molecule has 0 N–H and O–H groups in total. The van der Waals surface area contributed by atoms with Crippen LogP contribution in [0.25, 0.3) is 0 Å². The van der Waals surface area contributed by atoms with Crippen molar-refractivity contribution >= 4 is 22.6 Å². The van der Waals surface area contributed by atoms with E-state index < -0.39 is 0 Å². The second kappa shape index (κ2) is 1.77. The van der Waals surface area contributed by atoms with Crippen molar-refractivity contribution in [3.05, 3.63) is 9.72 Å². The Hall–Kier alpha value is -0.130. The summed E-state index contributed by atoms with van der Waals surface area (Å²) in [4.78, 5) is 3.82. The molecule has 0 saturated heterocycles. The molecule has 1 aromatic rings. The summed E-state index contributed by atoms with van der Waals surface area (Å²) in [6, 6.07) is 0.